The summed E-state index contributed by atoms with van der Waals surface area (Å²) in [6.07, 6.45) is 7.37. The van der Waals surface area contributed by atoms with Crippen LogP contribution in [0.5, 0.6) is 0 Å². The lowest BCUT2D eigenvalue weighted by molar-refractivity contribution is -0.131. The van der Waals surface area contributed by atoms with Crippen LogP contribution < -0.4 is 0 Å². The molecule has 3 aliphatic carbocycles. The molecule has 1 aromatic carbocycles. The van der Waals surface area contributed by atoms with Gasteiger partial charge >= 0.3 is 0 Å². The zero-order chi connectivity index (χ0) is 14.8. The summed E-state index contributed by atoms with van der Waals surface area (Å²) in [6.45, 7) is 6.79. The van der Waals surface area contributed by atoms with Crippen LogP contribution in [0.4, 0.5) is 0 Å². The quantitative estimate of drug-likeness (QED) is 0.645. The lowest BCUT2D eigenvalue weighted by Crippen LogP contribution is -2.42. The van der Waals surface area contributed by atoms with Gasteiger partial charge in [0.05, 0.1) is 0 Å². The number of Topliss-reactive ketones (excluding diaryl/α,β-unsaturated/α-hetero) is 1. The first-order valence-electron chi connectivity index (χ1n) is 8.22. The van der Waals surface area contributed by atoms with E-state index < -0.39 is 0 Å². The minimum Gasteiger partial charge on any atom is -0.299 e. The number of rotatable bonds is 0. The molecule has 0 aromatic heterocycles. The van der Waals surface area contributed by atoms with Crippen molar-refractivity contribution in [1.29, 1.82) is 0 Å². The summed E-state index contributed by atoms with van der Waals surface area (Å²) in [7, 11) is 0. The summed E-state index contributed by atoms with van der Waals surface area (Å²) in [5.41, 5.74) is 5.79. The van der Waals surface area contributed by atoms with Gasteiger partial charge in [-0.3, -0.25) is 4.79 Å². The Hall–Kier alpha value is -1.37. The molecule has 1 spiro atoms. The highest BCUT2D eigenvalue weighted by molar-refractivity contribution is 5.90. The Balaban J connectivity index is 1.76. The van der Waals surface area contributed by atoms with E-state index in [1.54, 1.807) is 5.57 Å². The molecule has 1 nitrogen and oxygen atoms in total. The highest BCUT2D eigenvalue weighted by Crippen LogP contribution is 2.56. The van der Waals surface area contributed by atoms with Gasteiger partial charge in [-0.15, -0.1) is 0 Å². The van der Waals surface area contributed by atoms with Crippen LogP contribution in [0.3, 0.4) is 0 Å². The third kappa shape index (κ3) is 1.86. The van der Waals surface area contributed by atoms with Gasteiger partial charge < -0.3 is 0 Å². The molecule has 0 aliphatic heterocycles. The summed E-state index contributed by atoms with van der Waals surface area (Å²) in [4.78, 5) is 12.8. The smallest absolute Gasteiger partial charge is 0.144 e. The van der Waals surface area contributed by atoms with Crippen LogP contribution in [0.2, 0.25) is 0 Å². The summed E-state index contributed by atoms with van der Waals surface area (Å²) in [6, 6.07) is 6.80. The SMILES string of the molecule is CC(C)(C)c1ccc2c(c1)CC1(CC3=CCC1C3)C(=O)C2. The Morgan fingerprint density at radius 3 is 2.57 bits per heavy atom. The second-order valence-electron chi connectivity index (χ2n) is 8.34. The highest BCUT2D eigenvalue weighted by atomic mass is 16.1. The molecule has 4 rings (SSSR count). The topological polar surface area (TPSA) is 17.1 Å². The molecule has 1 fully saturated rings. The molecule has 0 radical (unpaired) electrons. The molecule has 0 amide bonds. The van der Waals surface area contributed by atoms with Gasteiger partial charge in [0.1, 0.15) is 5.78 Å². The minimum absolute atomic E-state index is 0.0480. The van der Waals surface area contributed by atoms with Crippen molar-refractivity contribution in [1.82, 2.24) is 0 Å². The Labute approximate surface area is 127 Å². The molecule has 1 heteroatoms. The minimum atomic E-state index is -0.0480. The number of fused-ring (bicyclic) bond motifs is 4. The summed E-state index contributed by atoms with van der Waals surface area (Å²) in [5.74, 6) is 1.10. The lowest BCUT2D eigenvalue weighted by atomic mass is 9.63. The van der Waals surface area contributed by atoms with Gasteiger partial charge in [-0.2, -0.15) is 0 Å². The third-order valence-electron chi connectivity index (χ3n) is 6.01. The molecular weight excluding hydrogens is 256 g/mol. The molecule has 110 valence electrons. The number of carbonyl (C=O) groups excluding carboxylic acids is 1. The molecule has 21 heavy (non-hydrogen) atoms. The largest absolute Gasteiger partial charge is 0.299 e. The van der Waals surface area contributed by atoms with Crippen molar-refractivity contribution in [3.8, 4) is 0 Å². The Morgan fingerprint density at radius 2 is 1.95 bits per heavy atom. The van der Waals surface area contributed by atoms with E-state index in [1.165, 1.54) is 23.1 Å². The predicted molar refractivity (Wildman–Crippen MR) is 85.4 cm³/mol. The first kappa shape index (κ1) is 13.3. The van der Waals surface area contributed by atoms with E-state index in [-0.39, 0.29) is 10.8 Å². The van der Waals surface area contributed by atoms with E-state index in [2.05, 4.69) is 45.0 Å². The Bertz CT molecular complexity index is 659. The highest BCUT2D eigenvalue weighted by Gasteiger charge is 2.53. The van der Waals surface area contributed by atoms with E-state index >= 15 is 0 Å². The van der Waals surface area contributed by atoms with Crippen LogP contribution in [-0.4, -0.2) is 5.78 Å². The maximum Gasteiger partial charge on any atom is 0.144 e. The lowest BCUT2D eigenvalue weighted by Gasteiger charge is -2.39. The van der Waals surface area contributed by atoms with Gasteiger partial charge in [-0.1, -0.05) is 50.6 Å². The number of hydrogen-bond donors (Lipinski definition) is 0. The molecule has 0 heterocycles. The zero-order valence-corrected chi connectivity index (χ0v) is 13.3. The number of hydrogen-bond acceptors (Lipinski definition) is 1. The van der Waals surface area contributed by atoms with Crippen LogP contribution in [0.25, 0.3) is 0 Å². The fraction of sp³-hybridized carbons (Fsp3) is 0.550. The predicted octanol–water partition coefficient (Wildman–Crippen LogP) is 4.38. The van der Waals surface area contributed by atoms with Gasteiger partial charge in [0.2, 0.25) is 0 Å². The summed E-state index contributed by atoms with van der Waals surface area (Å²) >= 11 is 0. The second kappa shape index (κ2) is 4.09. The molecule has 1 aromatic rings. The number of ketones is 1. The van der Waals surface area contributed by atoms with Gasteiger partial charge in [0.15, 0.2) is 0 Å². The molecule has 2 atom stereocenters. The van der Waals surface area contributed by atoms with Crippen molar-refractivity contribution >= 4 is 5.78 Å². The van der Waals surface area contributed by atoms with Crippen LogP contribution in [-0.2, 0) is 23.1 Å². The maximum atomic E-state index is 12.8. The first-order chi connectivity index (χ1) is 9.88. The van der Waals surface area contributed by atoms with Crippen molar-refractivity contribution in [2.75, 3.05) is 0 Å². The van der Waals surface area contributed by atoms with Gasteiger partial charge in [-0.05, 0) is 53.7 Å². The average Bonchev–Trinajstić information content (AvgIpc) is 2.99. The van der Waals surface area contributed by atoms with E-state index in [1.807, 2.05) is 0 Å². The standard InChI is InChI=1S/C20H24O/c1-19(2,3)16-7-5-14-10-18(21)20(12-15(14)9-16)11-13-4-6-17(20)8-13/h4-5,7,9,17H,6,8,10-12H2,1-3H3. The van der Waals surface area contributed by atoms with Gasteiger partial charge in [0.25, 0.3) is 0 Å². The molecule has 2 bridgehead atoms. The summed E-state index contributed by atoms with van der Waals surface area (Å²) < 4.78 is 0. The Morgan fingerprint density at radius 1 is 1.14 bits per heavy atom. The van der Waals surface area contributed by atoms with Gasteiger partial charge in [-0.25, -0.2) is 0 Å². The fourth-order valence-electron chi connectivity index (χ4n) is 4.66. The second-order valence-corrected chi connectivity index (χ2v) is 8.34. The third-order valence-corrected chi connectivity index (χ3v) is 6.01. The normalized spacial score (nSPS) is 30.7. The van der Waals surface area contributed by atoms with Crippen LogP contribution in [0, 0.1) is 11.3 Å². The number of benzene rings is 1. The van der Waals surface area contributed by atoms with Crippen molar-refractivity contribution in [2.24, 2.45) is 11.3 Å². The van der Waals surface area contributed by atoms with Crippen LogP contribution >= 0.6 is 0 Å². The first-order valence-corrected chi connectivity index (χ1v) is 8.22. The van der Waals surface area contributed by atoms with E-state index in [9.17, 15) is 4.79 Å². The van der Waals surface area contributed by atoms with Crippen molar-refractivity contribution in [3.05, 3.63) is 46.5 Å². The number of carbonyl (C=O) groups is 1. The van der Waals surface area contributed by atoms with E-state index in [0.717, 1.165) is 19.3 Å². The molecule has 1 saturated carbocycles. The van der Waals surface area contributed by atoms with Crippen molar-refractivity contribution in [3.63, 3.8) is 0 Å². The molecule has 3 aliphatic rings. The Kier molecular flexibility index (Phi) is 2.59. The zero-order valence-electron chi connectivity index (χ0n) is 13.3. The number of allylic oxidation sites excluding steroid dienone is 2. The molecule has 0 saturated heterocycles. The molecule has 2 unspecified atom stereocenters. The van der Waals surface area contributed by atoms with Gasteiger partial charge in [0, 0.05) is 11.8 Å². The van der Waals surface area contributed by atoms with E-state index in [4.69, 9.17) is 0 Å². The van der Waals surface area contributed by atoms with Crippen LogP contribution in [0.1, 0.15) is 56.7 Å². The average molecular weight is 280 g/mol. The monoisotopic (exact) mass is 280 g/mol. The molecule has 0 N–H and O–H groups in total. The summed E-state index contributed by atoms with van der Waals surface area (Å²) in [5, 5.41) is 0. The van der Waals surface area contributed by atoms with E-state index in [0.29, 0.717) is 18.1 Å². The van der Waals surface area contributed by atoms with Crippen molar-refractivity contribution < 1.29 is 4.79 Å². The fourth-order valence-corrected chi connectivity index (χ4v) is 4.66. The maximum absolute atomic E-state index is 12.8. The van der Waals surface area contributed by atoms with Crippen molar-refractivity contribution in [2.45, 2.75) is 58.3 Å². The van der Waals surface area contributed by atoms with Crippen LogP contribution in [0.15, 0.2) is 29.8 Å². The molecular formula is C20H24O.